The number of ether oxygens (including phenoxy) is 3. The predicted octanol–water partition coefficient (Wildman–Crippen LogP) is 2.72. The van der Waals surface area contributed by atoms with Crippen LogP contribution >= 0.6 is 0 Å². The summed E-state index contributed by atoms with van der Waals surface area (Å²) < 4.78 is 15.3. The number of carbonyl (C=O) groups is 2. The number of anilines is 2. The molecule has 0 aliphatic heterocycles. The van der Waals surface area contributed by atoms with Gasteiger partial charge in [-0.2, -0.15) is 0 Å². The molecule has 3 N–H and O–H groups in total. The Morgan fingerprint density at radius 1 is 0.926 bits per heavy atom. The van der Waals surface area contributed by atoms with Crippen molar-refractivity contribution in [1.82, 2.24) is 5.32 Å². The van der Waals surface area contributed by atoms with Gasteiger partial charge in [0.25, 0.3) is 5.91 Å². The van der Waals surface area contributed by atoms with Gasteiger partial charge in [-0.3, -0.25) is 4.79 Å². The van der Waals surface area contributed by atoms with E-state index in [0.717, 1.165) is 0 Å². The number of para-hydroxylation sites is 1. The summed E-state index contributed by atoms with van der Waals surface area (Å²) in [5.74, 6) is 0.694. The molecule has 0 atom stereocenters. The normalized spacial score (nSPS) is 10.0. The van der Waals surface area contributed by atoms with Crippen LogP contribution in [0.25, 0.3) is 0 Å². The molecule has 0 aliphatic rings. The third-order valence-corrected chi connectivity index (χ3v) is 3.65. The lowest BCUT2D eigenvalue weighted by molar-refractivity contribution is 0.102. The molecule has 0 bridgehead atoms. The first kappa shape index (κ1) is 20.1. The summed E-state index contributed by atoms with van der Waals surface area (Å²) in [4.78, 5) is 24.6. The van der Waals surface area contributed by atoms with E-state index in [1.54, 1.807) is 49.6 Å². The maximum Gasteiger partial charge on any atom is 0.319 e. The second-order valence-electron chi connectivity index (χ2n) is 5.44. The molecule has 0 unspecified atom stereocenters. The maximum atomic E-state index is 12.7. The van der Waals surface area contributed by atoms with E-state index in [4.69, 9.17) is 14.2 Å². The van der Waals surface area contributed by atoms with E-state index in [0.29, 0.717) is 41.6 Å². The molecule has 0 aliphatic carbocycles. The zero-order chi connectivity index (χ0) is 19.6. The van der Waals surface area contributed by atoms with Crippen LogP contribution in [0.1, 0.15) is 10.4 Å². The molecule has 27 heavy (non-hydrogen) atoms. The number of hydrogen-bond donors (Lipinski definition) is 3. The van der Waals surface area contributed by atoms with Crippen molar-refractivity contribution in [2.24, 2.45) is 0 Å². The highest BCUT2D eigenvalue weighted by atomic mass is 16.5. The molecule has 0 saturated carbocycles. The predicted molar refractivity (Wildman–Crippen MR) is 103 cm³/mol. The highest BCUT2D eigenvalue weighted by Crippen LogP contribution is 2.30. The van der Waals surface area contributed by atoms with Gasteiger partial charge in [-0.1, -0.05) is 12.1 Å². The summed E-state index contributed by atoms with van der Waals surface area (Å²) in [6.45, 7) is 0.761. The smallest absolute Gasteiger partial charge is 0.319 e. The Kier molecular flexibility index (Phi) is 7.45. The molecule has 3 amide bonds. The molecular formula is C19H23N3O5. The third kappa shape index (κ3) is 5.61. The van der Waals surface area contributed by atoms with E-state index in [1.165, 1.54) is 14.2 Å². The average Bonchev–Trinajstić information content (AvgIpc) is 2.68. The van der Waals surface area contributed by atoms with E-state index >= 15 is 0 Å². The first-order chi connectivity index (χ1) is 13.1. The topological polar surface area (TPSA) is 97.9 Å². The fourth-order valence-electron chi connectivity index (χ4n) is 2.34. The van der Waals surface area contributed by atoms with Crippen molar-refractivity contribution in [1.29, 1.82) is 0 Å². The largest absolute Gasteiger partial charge is 0.493 e. The molecule has 0 heterocycles. The van der Waals surface area contributed by atoms with Crippen molar-refractivity contribution in [3.8, 4) is 11.5 Å². The zero-order valence-electron chi connectivity index (χ0n) is 15.5. The van der Waals surface area contributed by atoms with E-state index < -0.39 is 6.03 Å². The lowest BCUT2D eigenvalue weighted by Gasteiger charge is -2.13. The first-order valence-corrected chi connectivity index (χ1v) is 8.25. The zero-order valence-corrected chi connectivity index (χ0v) is 15.5. The van der Waals surface area contributed by atoms with Crippen LogP contribution in [-0.4, -0.2) is 46.4 Å². The minimum Gasteiger partial charge on any atom is -0.493 e. The van der Waals surface area contributed by atoms with Crippen LogP contribution in [0.4, 0.5) is 16.2 Å². The van der Waals surface area contributed by atoms with Gasteiger partial charge in [-0.15, -0.1) is 0 Å². The average molecular weight is 373 g/mol. The quantitative estimate of drug-likeness (QED) is 0.618. The van der Waals surface area contributed by atoms with Gasteiger partial charge in [0.15, 0.2) is 11.5 Å². The SMILES string of the molecule is COCCNC(=O)Nc1ccccc1C(=O)Nc1ccc(OC)c(OC)c1. The first-order valence-electron chi connectivity index (χ1n) is 8.25. The molecule has 8 heteroatoms. The summed E-state index contributed by atoms with van der Waals surface area (Å²) in [5, 5.41) is 8.09. The van der Waals surface area contributed by atoms with E-state index in [9.17, 15) is 9.59 Å². The molecule has 0 fully saturated rings. The van der Waals surface area contributed by atoms with Crippen LogP contribution in [0.2, 0.25) is 0 Å². The van der Waals surface area contributed by atoms with Gasteiger partial charge < -0.3 is 30.2 Å². The molecular weight excluding hydrogens is 350 g/mol. The molecule has 2 aromatic rings. The fraction of sp³-hybridized carbons (Fsp3) is 0.263. The number of hydrogen-bond acceptors (Lipinski definition) is 5. The van der Waals surface area contributed by atoms with Crippen LogP contribution in [0.5, 0.6) is 11.5 Å². The van der Waals surface area contributed by atoms with Crippen molar-refractivity contribution in [2.45, 2.75) is 0 Å². The molecule has 0 radical (unpaired) electrons. The minimum atomic E-state index is -0.418. The number of carbonyl (C=O) groups excluding carboxylic acids is 2. The van der Waals surface area contributed by atoms with Crippen molar-refractivity contribution < 1.29 is 23.8 Å². The summed E-state index contributed by atoms with van der Waals surface area (Å²) in [6.07, 6.45) is 0. The Labute approximate surface area is 157 Å². The Morgan fingerprint density at radius 3 is 2.37 bits per heavy atom. The molecule has 0 spiro atoms. The van der Waals surface area contributed by atoms with Gasteiger partial charge in [0.2, 0.25) is 0 Å². The van der Waals surface area contributed by atoms with Gasteiger partial charge in [0, 0.05) is 25.4 Å². The molecule has 0 aromatic heterocycles. The van der Waals surface area contributed by atoms with Gasteiger partial charge in [0.05, 0.1) is 32.1 Å². The third-order valence-electron chi connectivity index (χ3n) is 3.65. The highest BCUT2D eigenvalue weighted by molar-refractivity contribution is 6.10. The van der Waals surface area contributed by atoms with Crippen molar-refractivity contribution in [2.75, 3.05) is 45.1 Å². The van der Waals surface area contributed by atoms with E-state index in [1.807, 2.05) is 0 Å². The lowest BCUT2D eigenvalue weighted by Crippen LogP contribution is -2.32. The van der Waals surface area contributed by atoms with Crippen LogP contribution in [-0.2, 0) is 4.74 Å². The van der Waals surface area contributed by atoms with Crippen LogP contribution in [0.3, 0.4) is 0 Å². The number of urea groups is 1. The van der Waals surface area contributed by atoms with Gasteiger partial charge >= 0.3 is 6.03 Å². The summed E-state index contributed by atoms with van der Waals surface area (Å²) in [5.41, 5.74) is 1.26. The Hall–Kier alpha value is -3.26. The van der Waals surface area contributed by atoms with Crippen molar-refractivity contribution >= 4 is 23.3 Å². The van der Waals surface area contributed by atoms with Crippen LogP contribution in [0, 0.1) is 0 Å². The molecule has 2 rings (SSSR count). The molecule has 8 nitrogen and oxygen atoms in total. The minimum absolute atomic E-state index is 0.328. The summed E-state index contributed by atoms with van der Waals surface area (Å²) in [6, 6.07) is 11.4. The lowest BCUT2D eigenvalue weighted by atomic mass is 10.1. The standard InChI is InChI=1S/C19H23N3O5/c1-25-11-10-20-19(24)22-15-7-5-4-6-14(15)18(23)21-13-8-9-16(26-2)17(12-13)27-3/h4-9,12H,10-11H2,1-3H3,(H,21,23)(H2,20,22,24). The number of rotatable bonds is 8. The molecule has 144 valence electrons. The number of nitrogens with one attached hydrogen (secondary N) is 3. The Morgan fingerprint density at radius 2 is 1.67 bits per heavy atom. The summed E-state index contributed by atoms with van der Waals surface area (Å²) in [7, 11) is 4.61. The Bertz CT molecular complexity index is 795. The van der Waals surface area contributed by atoms with Crippen molar-refractivity contribution in [3.05, 3.63) is 48.0 Å². The van der Waals surface area contributed by atoms with Gasteiger partial charge in [0.1, 0.15) is 0 Å². The monoisotopic (exact) mass is 373 g/mol. The Balaban J connectivity index is 2.11. The maximum absolute atomic E-state index is 12.7. The van der Waals surface area contributed by atoms with Gasteiger partial charge in [-0.05, 0) is 24.3 Å². The number of amides is 3. The van der Waals surface area contributed by atoms with Crippen molar-refractivity contribution in [3.63, 3.8) is 0 Å². The number of methoxy groups -OCH3 is 3. The van der Waals surface area contributed by atoms with Crippen LogP contribution < -0.4 is 25.4 Å². The summed E-state index contributed by atoms with van der Waals surface area (Å²) >= 11 is 0. The fourth-order valence-corrected chi connectivity index (χ4v) is 2.34. The highest BCUT2D eigenvalue weighted by Gasteiger charge is 2.14. The second kappa shape index (κ2) is 10.0. The van der Waals surface area contributed by atoms with Crippen LogP contribution in [0.15, 0.2) is 42.5 Å². The molecule has 0 saturated heterocycles. The van der Waals surface area contributed by atoms with E-state index in [-0.39, 0.29) is 5.91 Å². The van der Waals surface area contributed by atoms with Gasteiger partial charge in [-0.25, -0.2) is 4.79 Å². The van der Waals surface area contributed by atoms with E-state index in [2.05, 4.69) is 16.0 Å². The second-order valence-corrected chi connectivity index (χ2v) is 5.44. The molecule has 2 aromatic carbocycles. The number of benzene rings is 2.